The van der Waals surface area contributed by atoms with Gasteiger partial charge in [0, 0.05) is 29.7 Å². The number of anilines is 1. The van der Waals surface area contributed by atoms with Gasteiger partial charge >= 0.3 is 0 Å². The van der Waals surface area contributed by atoms with Crippen LogP contribution in [0.25, 0.3) is 11.0 Å². The summed E-state index contributed by atoms with van der Waals surface area (Å²) in [5.74, 6) is -0.175. The predicted octanol–water partition coefficient (Wildman–Crippen LogP) is 4.80. The highest BCUT2D eigenvalue weighted by Crippen LogP contribution is 2.27. The molecule has 164 valence electrons. The third-order valence-electron chi connectivity index (χ3n) is 5.78. The molecule has 3 aromatic rings. The van der Waals surface area contributed by atoms with E-state index in [1.165, 1.54) is 0 Å². The van der Waals surface area contributed by atoms with Crippen molar-refractivity contribution in [1.29, 1.82) is 0 Å². The van der Waals surface area contributed by atoms with Crippen molar-refractivity contribution in [2.45, 2.75) is 50.8 Å². The number of amides is 1. The van der Waals surface area contributed by atoms with Crippen LogP contribution in [0.1, 0.15) is 42.4 Å². The lowest BCUT2D eigenvalue weighted by atomic mass is 10.0. The molecule has 1 aliphatic heterocycles. The van der Waals surface area contributed by atoms with Crippen molar-refractivity contribution in [2.24, 2.45) is 0 Å². The van der Waals surface area contributed by atoms with E-state index < -0.39 is 10.0 Å². The minimum absolute atomic E-state index is 0.175. The molecule has 1 fully saturated rings. The highest BCUT2D eigenvalue weighted by atomic mass is 32.2. The van der Waals surface area contributed by atoms with Crippen molar-refractivity contribution in [1.82, 2.24) is 4.31 Å². The van der Waals surface area contributed by atoms with E-state index in [1.807, 2.05) is 19.9 Å². The largest absolute Gasteiger partial charge is 0.464 e. The first-order chi connectivity index (χ1) is 14.8. The molecule has 0 spiro atoms. The average molecular weight is 441 g/mol. The maximum atomic E-state index is 12.9. The second-order valence-electron chi connectivity index (χ2n) is 8.28. The molecular formula is C24H28N2O4S. The Kier molecular flexibility index (Phi) is 6.16. The van der Waals surface area contributed by atoms with Gasteiger partial charge in [-0.05, 0) is 68.1 Å². The van der Waals surface area contributed by atoms with Crippen LogP contribution in [0.2, 0.25) is 0 Å². The highest BCUT2D eigenvalue weighted by Gasteiger charge is 2.25. The van der Waals surface area contributed by atoms with E-state index in [-0.39, 0.29) is 17.2 Å². The zero-order chi connectivity index (χ0) is 22.0. The van der Waals surface area contributed by atoms with Crippen LogP contribution < -0.4 is 5.32 Å². The third kappa shape index (κ3) is 4.67. The topological polar surface area (TPSA) is 79.6 Å². The molecule has 0 unspecified atom stereocenters. The van der Waals surface area contributed by atoms with Crippen molar-refractivity contribution in [3.05, 3.63) is 59.4 Å². The summed E-state index contributed by atoms with van der Waals surface area (Å²) in [6, 6.07) is 10.5. The summed E-state index contributed by atoms with van der Waals surface area (Å²) in [5, 5.41) is 3.83. The lowest BCUT2D eigenvalue weighted by Gasteiger charge is -2.20. The number of carbonyl (C=O) groups is 1. The van der Waals surface area contributed by atoms with Gasteiger partial charge in [0.15, 0.2) is 0 Å². The van der Waals surface area contributed by atoms with Gasteiger partial charge < -0.3 is 9.73 Å². The number of aryl methyl sites for hydroxylation is 2. The van der Waals surface area contributed by atoms with E-state index in [2.05, 4.69) is 11.4 Å². The van der Waals surface area contributed by atoms with Crippen LogP contribution in [0.5, 0.6) is 0 Å². The number of nitrogens with one attached hydrogen (secondary N) is 1. The molecule has 4 rings (SSSR count). The van der Waals surface area contributed by atoms with Crippen molar-refractivity contribution < 1.29 is 17.6 Å². The fraction of sp³-hybridized carbons (Fsp3) is 0.375. The maximum Gasteiger partial charge on any atom is 0.243 e. The molecule has 6 nitrogen and oxygen atoms in total. The molecular weight excluding hydrogens is 412 g/mol. The van der Waals surface area contributed by atoms with Crippen LogP contribution in [-0.4, -0.2) is 31.7 Å². The summed E-state index contributed by atoms with van der Waals surface area (Å²) in [6.07, 6.45) is 5.76. The van der Waals surface area contributed by atoms with Crippen molar-refractivity contribution in [3.63, 3.8) is 0 Å². The predicted molar refractivity (Wildman–Crippen MR) is 122 cm³/mol. The van der Waals surface area contributed by atoms with E-state index in [0.29, 0.717) is 18.8 Å². The molecule has 2 heterocycles. The summed E-state index contributed by atoms with van der Waals surface area (Å²) in [7, 11) is -3.50. The zero-order valence-electron chi connectivity index (χ0n) is 18.0. The molecule has 0 saturated carbocycles. The standard InChI is InChI=1S/C24H28N2O4S/c1-17-13-18(2)24-19(16-30-22(24)14-17)15-23(27)25-20-7-9-21(10-8-20)31(28,29)26-11-5-3-4-6-12-26/h7-10,13-14,16H,3-6,11-12,15H2,1-2H3,(H,25,27). The van der Waals surface area contributed by atoms with Gasteiger partial charge in [-0.25, -0.2) is 8.42 Å². The monoisotopic (exact) mass is 440 g/mol. The Labute approximate surface area is 183 Å². The smallest absolute Gasteiger partial charge is 0.243 e. The lowest BCUT2D eigenvalue weighted by Crippen LogP contribution is -2.31. The third-order valence-corrected chi connectivity index (χ3v) is 7.70. The second-order valence-corrected chi connectivity index (χ2v) is 10.2. The Morgan fingerprint density at radius 1 is 1.03 bits per heavy atom. The maximum absolute atomic E-state index is 12.9. The van der Waals surface area contributed by atoms with E-state index in [9.17, 15) is 13.2 Å². The number of hydrogen-bond acceptors (Lipinski definition) is 4. The molecule has 1 N–H and O–H groups in total. The molecule has 0 bridgehead atoms. The fourth-order valence-electron chi connectivity index (χ4n) is 4.28. The number of benzene rings is 2. The lowest BCUT2D eigenvalue weighted by molar-refractivity contribution is -0.115. The van der Waals surface area contributed by atoms with E-state index in [4.69, 9.17) is 4.42 Å². The summed E-state index contributed by atoms with van der Waals surface area (Å²) >= 11 is 0. The Morgan fingerprint density at radius 2 is 1.71 bits per heavy atom. The first-order valence-electron chi connectivity index (χ1n) is 10.7. The van der Waals surface area contributed by atoms with Crippen LogP contribution in [0, 0.1) is 13.8 Å². The molecule has 1 aliphatic rings. The van der Waals surface area contributed by atoms with Gasteiger partial charge in [0.25, 0.3) is 0 Å². The summed E-state index contributed by atoms with van der Waals surface area (Å²) in [5.41, 5.74) is 4.38. The molecule has 1 aromatic heterocycles. The first-order valence-corrected chi connectivity index (χ1v) is 12.2. The zero-order valence-corrected chi connectivity index (χ0v) is 18.8. The molecule has 2 aromatic carbocycles. The van der Waals surface area contributed by atoms with E-state index in [1.54, 1.807) is 34.8 Å². The van der Waals surface area contributed by atoms with Crippen LogP contribution in [0.3, 0.4) is 0 Å². The normalized spacial score (nSPS) is 15.7. The second kappa shape index (κ2) is 8.85. The number of rotatable bonds is 5. The molecule has 31 heavy (non-hydrogen) atoms. The number of furan rings is 1. The Bertz CT molecular complexity index is 1190. The van der Waals surface area contributed by atoms with E-state index in [0.717, 1.165) is 53.3 Å². The van der Waals surface area contributed by atoms with Crippen molar-refractivity contribution in [2.75, 3.05) is 18.4 Å². The van der Waals surface area contributed by atoms with Crippen LogP contribution in [-0.2, 0) is 21.2 Å². The summed E-state index contributed by atoms with van der Waals surface area (Å²) in [6.45, 7) is 5.16. The van der Waals surface area contributed by atoms with Gasteiger partial charge in [-0.1, -0.05) is 18.9 Å². The molecule has 0 aliphatic carbocycles. The number of carbonyl (C=O) groups excluding carboxylic acids is 1. The fourth-order valence-corrected chi connectivity index (χ4v) is 5.79. The summed E-state index contributed by atoms with van der Waals surface area (Å²) < 4.78 is 33.0. The van der Waals surface area contributed by atoms with Gasteiger partial charge in [0.2, 0.25) is 15.9 Å². The Hall–Kier alpha value is -2.64. The van der Waals surface area contributed by atoms with Crippen LogP contribution in [0.4, 0.5) is 5.69 Å². The Balaban J connectivity index is 1.45. The molecule has 0 atom stereocenters. The minimum atomic E-state index is -3.50. The first kappa shape index (κ1) is 21.6. The number of nitrogens with zero attached hydrogens (tertiary/aromatic N) is 1. The van der Waals surface area contributed by atoms with Gasteiger partial charge in [0.1, 0.15) is 5.58 Å². The molecule has 7 heteroatoms. The molecule has 1 saturated heterocycles. The van der Waals surface area contributed by atoms with Crippen molar-refractivity contribution in [3.8, 4) is 0 Å². The van der Waals surface area contributed by atoms with Gasteiger partial charge in [0.05, 0.1) is 17.6 Å². The SMILES string of the molecule is Cc1cc(C)c2c(CC(=O)Nc3ccc(S(=O)(=O)N4CCCCCC4)cc3)coc2c1. The molecule has 1 amide bonds. The van der Waals surface area contributed by atoms with Crippen LogP contribution >= 0.6 is 0 Å². The van der Waals surface area contributed by atoms with Gasteiger partial charge in [-0.15, -0.1) is 0 Å². The van der Waals surface area contributed by atoms with Gasteiger partial charge in [-0.3, -0.25) is 4.79 Å². The average Bonchev–Trinajstić information content (AvgIpc) is 2.93. The number of sulfonamides is 1. The summed E-state index contributed by atoms with van der Waals surface area (Å²) in [4.78, 5) is 12.9. The van der Waals surface area contributed by atoms with E-state index >= 15 is 0 Å². The van der Waals surface area contributed by atoms with Crippen molar-refractivity contribution >= 4 is 32.6 Å². The number of fused-ring (bicyclic) bond motifs is 1. The highest BCUT2D eigenvalue weighted by molar-refractivity contribution is 7.89. The number of hydrogen-bond donors (Lipinski definition) is 1. The minimum Gasteiger partial charge on any atom is -0.464 e. The quantitative estimate of drug-likeness (QED) is 0.618. The van der Waals surface area contributed by atoms with Crippen LogP contribution in [0.15, 0.2) is 52.0 Å². The Morgan fingerprint density at radius 3 is 2.39 bits per heavy atom. The van der Waals surface area contributed by atoms with Gasteiger partial charge in [-0.2, -0.15) is 4.31 Å². The molecule has 0 radical (unpaired) electrons.